The van der Waals surface area contributed by atoms with Gasteiger partial charge in [-0.15, -0.1) is 5.10 Å². The third-order valence-corrected chi connectivity index (χ3v) is 7.58. The van der Waals surface area contributed by atoms with Crippen LogP contribution in [0.4, 0.5) is 11.7 Å². The Morgan fingerprint density at radius 2 is 1.74 bits per heavy atom. The van der Waals surface area contributed by atoms with Crippen LogP contribution in [0, 0.1) is 0 Å². The number of hydrogen-bond acceptors (Lipinski definition) is 7. The quantitative estimate of drug-likeness (QED) is 0.432. The highest BCUT2D eigenvalue weighted by Crippen LogP contribution is 2.32. The molecule has 1 aliphatic heterocycles. The van der Waals surface area contributed by atoms with Crippen molar-refractivity contribution < 1.29 is 22.4 Å². The fourth-order valence-electron chi connectivity index (χ4n) is 4.03. The minimum absolute atomic E-state index is 0.0856. The monoisotopic (exact) mass is 490 g/mol. The smallest absolute Gasteiger partial charge is 0.322 e. The van der Waals surface area contributed by atoms with E-state index in [9.17, 15) is 13.2 Å². The molecule has 1 aromatic heterocycles. The lowest BCUT2D eigenvalue weighted by Crippen LogP contribution is -2.35. The van der Waals surface area contributed by atoms with E-state index < -0.39 is 15.9 Å². The molecule has 0 radical (unpaired) electrons. The molecule has 0 atom stereocenters. The molecule has 3 aromatic carbocycles. The number of methoxy groups -OCH3 is 1. The van der Waals surface area contributed by atoms with Crippen LogP contribution in [0.25, 0.3) is 11.5 Å². The zero-order valence-electron chi connectivity index (χ0n) is 18.8. The average Bonchev–Trinajstić information content (AvgIpc) is 3.36. The van der Waals surface area contributed by atoms with Crippen molar-refractivity contribution >= 4 is 27.6 Å². The van der Waals surface area contributed by atoms with Crippen LogP contribution in [0.1, 0.15) is 22.3 Å². The molecule has 0 saturated heterocycles. The highest BCUT2D eigenvalue weighted by molar-refractivity contribution is 7.92. The molecule has 1 aliphatic rings. The van der Waals surface area contributed by atoms with Gasteiger partial charge in [-0.25, -0.2) is 8.42 Å². The van der Waals surface area contributed by atoms with Gasteiger partial charge in [-0.2, -0.15) is 0 Å². The summed E-state index contributed by atoms with van der Waals surface area (Å²) in [6, 6.07) is 20.3. The number of sulfonamides is 1. The number of rotatable bonds is 6. The molecule has 0 aliphatic carbocycles. The van der Waals surface area contributed by atoms with Crippen molar-refractivity contribution in [3.05, 3.63) is 83.9 Å². The van der Waals surface area contributed by atoms with Crippen molar-refractivity contribution in [3.8, 4) is 17.2 Å². The first-order valence-corrected chi connectivity index (χ1v) is 12.4. The molecule has 2 heterocycles. The number of aromatic nitrogens is 2. The molecule has 4 aromatic rings. The molecule has 1 amide bonds. The fraction of sp³-hybridized carbons (Fsp3) is 0.160. The van der Waals surface area contributed by atoms with E-state index in [0.29, 0.717) is 23.5 Å². The third-order valence-electron chi connectivity index (χ3n) is 5.75. The predicted molar refractivity (Wildman–Crippen MR) is 130 cm³/mol. The second kappa shape index (κ2) is 9.22. The number of carbonyl (C=O) groups excluding carboxylic acids is 1. The van der Waals surface area contributed by atoms with Crippen LogP contribution in [0.3, 0.4) is 0 Å². The number of anilines is 2. The van der Waals surface area contributed by atoms with Crippen LogP contribution < -0.4 is 14.4 Å². The molecule has 0 saturated carbocycles. The zero-order valence-corrected chi connectivity index (χ0v) is 19.7. The summed E-state index contributed by atoms with van der Waals surface area (Å²) in [5.74, 6) is 0.246. The molecule has 178 valence electrons. The maximum atomic E-state index is 13.3. The number of hydrogen-bond donors (Lipinski definition) is 1. The van der Waals surface area contributed by atoms with Gasteiger partial charge in [0.2, 0.25) is 0 Å². The summed E-state index contributed by atoms with van der Waals surface area (Å²) in [5, 5.41) is 10.4. The number of nitrogens with zero attached hydrogens (tertiary/aromatic N) is 3. The summed E-state index contributed by atoms with van der Waals surface area (Å²) in [4.78, 5) is 12.8. The summed E-state index contributed by atoms with van der Waals surface area (Å²) >= 11 is 0. The molecular weight excluding hydrogens is 468 g/mol. The van der Waals surface area contributed by atoms with E-state index in [-0.39, 0.29) is 22.4 Å². The van der Waals surface area contributed by atoms with Gasteiger partial charge in [-0.05, 0) is 60.9 Å². The molecule has 35 heavy (non-hydrogen) atoms. The number of para-hydroxylation sites is 2. The van der Waals surface area contributed by atoms with Crippen LogP contribution in [0.2, 0.25) is 0 Å². The summed E-state index contributed by atoms with van der Waals surface area (Å²) in [6.07, 6.45) is 1.59. The number of benzene rings is 3. The van der Waals surface area contributed by atoms with Gasteiger partial charge >= 0.3 is 6.01 Å². The predicted octanol–water partition coefficient (Wildman–Crippen LogP) is 4.14. The van der Waals surface area contributed by atoms with Crippen LogP contribution >= 0.6 is 0 Å². The molecule has 0 fully saturated rings. The molecular formula is C25H22N4O5S. The summed E-state index contributed by atoms with van der Waals surface area (Å²) in [5.41, 5.74) is 2.55. The van der Waals surface area contributed by atoms with E-state index >= 15 is 0 Å². The standard InChI is InChI=1S/C25H22N4O5S/c1-33-22-11-5-3-9-20(22)24-27-28-25(34-24)26-23(30)18-12-14-19(15-13-18)35(31,32)29-16-6-8-17-7-2-4-10-21(17)29/h2-5,7,9-15H,6,8,16H2,1H3,(H,26,28,30). The van der Waals surface area contributed by atoms with Crippen LogP contribution in [-0.2, 0) is 16.4 Å². The summed E-state index contributed by atoms with van der Waals surface area (Å²) in [7, 11) is -2.23. The molecule has 0 spiro atoms. The van der Waals surface area contributed by atoms with Crippen LogP contribution in [0.15, 0.2) is 82.1 Å². The van der Waals surface area contributed by atoms with Crippen LogP contribution in [0.5, 0.6) is 5.75 Å². The van der Waals surface area contributed by atoms with Crippen molar-refractivity contribution in [1.29, 1.82) is 0 Å². The van der Waals surface area contributed by atoms with Crippen molar-refractivity contribution in [3.63, 3.8) is 0 Å². The fourth-order valence-corrected chi connectivity index (χ4v) is 5.57. The van der Waals surface area contributed by atoms with Gasteiger partial charge in [0.25, 0.3) is 21.8 Å². The van der Waals surface area contributed by atoms with Gasteiger partial charge < -0.3 is 9.15 Å². The molecule has 10 heteroatoms. The number of amides is 1. The Labute approximate surface area is 202 Å². The number of carbonyl (C=O) groups is 1. The second-order valence-corrected chi connectivity index (χ2v) is 9.76. The Morgan fingerprint density at radius 1 is 1.00 bits per heavy atom. The van der Waals surface area contributed by atoms with Gasteiger partial charge in [0.1, 0.15) is 5.75 Å². The highest BCUT2D eigenvalue weighted by atomic mass is 32.2. The van der Waals surface area contributed by atoms with Crippen molar-refractivity contribution in [2.24, 2.45) is 0 Å². The molecule has 9 nitrogen and oxygen atoms in total. The normalized spacial score (nSPS) is 13.2. The Kier molecular flexibility index (Phi) is 5.96. The van der Waals surface area contributed by atoms with Gasteiger partial charge in [0.15, 0.2) is 0 Å². The minimum Gasteiger partial charge on any atom is -0.496 e. The van der Waals surface area contributed by atoms with E-state index in [1.807, 2.05) is 30.3 Å². The molecule has 0 unspecified atom stereocenters. The second-order valence-electron chi connectivity index (χ2n) is 7.90. The average molecular weight is 491 g/mol. The van der Waals surface area contributed by atoms with Gasteiger partial charge in [0, 0.05) is 12.1 Å². The Balaban J connectivity index is 1.33. The first kappa shape index (κ1) is 22.6. The summed E-state index contributed by atoms with van der Waals surface area (Å²) in [6.45, 7) is 0.410. The first-order valence-electron chi connectivity index (χ1n) is 11.0. The summed E-state index contributed by atoms with van der Waals surface area (Å²) < 4.78 is 38.9. The lowest BCUT2D eigenvalue weighted by atomic mass is 10.0. The van der Waals surface area contributed by atoms with E-state index in [1.54, 1.807) is 18.2 Å². The van der Waals surface area contributed by atoms with Gasteiger partial charge in [-0.3, -0.25) is 14.4 Å². The van der Waals surface area contributed by atoms with Crippen molar-refractivity contribution in [2.75, 3.05) is 23.3 Å². The number of nitrogens with one attached hydrogen (secondary N) is 1. The number of fused-ring (bicyclic) bond motifs is 1. The largest absolute Gasteiger partial charge is 0.496 e. The Morgan fingerprint density at radius 3 is 2.54 bits per heavy atom. The Bertz CT molecular complexity index is 1480. The third kappa shape index (κ3) is 4.35. The number of aryl methyl sites for hydroxylation is 1. The van der Waals surface area contributed by atoms with Crippen molar-refractivity contribution in [1.82, 2.24) is 10.2 Å². The molecule has 1 N–H and O–H groups in total. The maximum Gasteiger partial charge on any atom is 0.322 e. The van der Waals surface area contributed by atoms with E-state index in [0.717, 1.165) is 18.4 Å². The Hall–Kier alpha value is -4.18. The highest BCUT2D eigenvalue weighted by Gasteiger charge is 2.29. The number of ether oxygens (including phenoxy) is 1. The lowest BCUT2D eigenvalue weighted by Gasteiger charge is -2.30. The van der Waals surface area contributed by atoms with Crippen molar-refractivity contribution in [2.45, 2.75) is 17.7 Å². The van der Waals surface area contributed by atoms with Crippen LogP contribution in [-0.4, -0.2) is 38.2 Å². The van der Waals surface area contributed by atoms with E-state index in [2.05, 4.69) is 15.5 Å². The lowest BCUT2D eigenvalue weighted by molar-refractivity contribution is 0.102. The van der Waals surface area contributed by atoms with E-state index in [1.165, 1.54) is 35.7 Å². The maximum absolute atomic E-state index is 13.3. The zero-order chi connectivity index (χ0) is 24.4. The first-order chi connectivity index (χ1) is 17.0. The topological polar surface area (TPSA) is 115 Å². The van der Waals surface area contributed by atoms with E-state index in [4.69, 9.17) is 9.15 Å². The molecule has 0 bridgehead atoms. The SMILES string of the molecule is COc1ccccc1-c1nnc(NC(=O)c2ccc(S(=O)(=O)N3CCCc4ccccc43)cc2)o1. The van der Waals surface area contributed by atoms with Gasteiger partial charge in [-0.1, -0.05) is 35.4 Å². The minimum atomic E-state index is -3.76. The van der Waals surface area contributed by atoms with Gasteiger partial charge in [0.05, 0.1) is 23.3 Å². The molecule has 5 rings (SSSR count).